The van der Waals surface area contributed by atoms with Crippen molar-refractivity contribution in [2.75, 3.05) is 0 Å². The van der Waals surface area contributed by atoms with Crippen molar-refractivity contribution in [3.8, 4) is 0 Å². The zero-order chi connectivity index (χ0) is 23.7. The molecule has 170 valence electrons. The minimum Gasteiger partial charge on any atom is -0.255 e. The van der Waals surface area contributed by atoms with Crippen LogP contribution in [-0.2, 0) is 19.9 Å². The average Bonchev–Trinajstić information content (AvgIpc) is 2.98. The van der Waals surface area contributed by atoms with Gasteiger partial charge in [-0.1, -0.05) is 53.7 Å². The fraction of sp³-hybridized carbons (Fsp3) is 0.400. The number of benzene rings is 2. The van der Waals surface area contributed by atoms with Gasteiger partial charge in [-0.05, 0) is 77.6 Å². The van der Waals surface area contributed by atoms with Gasteiger partial charge >= 0.3 is 0 Å². The van der Waals surface area contributed by atoms with Gasteiger partial charge < -0.3 is 0 Å². The molecule has 0 radical (unpaired) electrons. The molecule has 0 fully saturated rings. The number of pyridine rings is 2. The van der Waals surface area contributed by atoms with E-state index in [1.54, 1.807) is 0 Å². The fourth-order valence-corrected chi connectivity index (χ4v) is 5.38. The van der Waals surface area contributed by atoms with Gasteiger partial charge in [0.1, 0.15) is 5.52 Å². The molecule has 3 heterocycles. The van der Waals surface area contributed by atoms with Gasteiger partial charge in [0.05, 0.1) is 18.0 Å². The second-order valence-corrected chi connectivity index (χ2v) is 12.2. The van der Waals surface area contributed by atoms with Crippen LogP contribution in [0.15, 0.2) is 48.7 Å². The Balaban J connectivity index is 1.94. The summed E-state index contributed by atoms with van der Waals surface area (Å²) in [5, 5.41) is 2.46. The summed E-state index contributed by atoms with van der Waals surface area (Å²) in [7, 11) is 2.20. The summed E-state index contributed by atoms with van der Waals surface area (Å²) in [6, 6.07) is 16.1. The van der Waals surface area contributed by atoms with Gasteiger partial charge in [-0.15, -0.1) is 0 Å². The first-order valence-corrected chi connectivity index (χ1v) is 12.1. The lowest BCUT2D eigenvalue weighted by atomic mass is 9.87. The predicted octanol–water partition coefficient (Wildman–Crippen LogP) is 7.10. The van der Waals surface area contributed by atoms with Gasteiger partial charge in [-0.2, -0.15) is 4.40 Å². The van der Waals surface area contributed by atoms with Gasteiger partial charge in [0.25, 0.3) is 5.65 Å². The molecule has 2 aromatic carbocycles. The monoisotopic (exact) mass is 438 g/mol. The number of hydrogen-bond donors (Lipinski definition) is 0. The molecule has 3 nitrogen and oxygen atoms in total. The van der Waals surface area contributed by atoms with E-state index in [0.717, 1.165) is 18.4 Å². The summed E-state index contributed by atoms with van der Waals surface area (Å²) in [6.45, 7) is 16.0. The quantitative estimate of drug-likeness (QED) is 0.213. The van der Waals surface area contributed by atoms with Gasteiger partial charge in [0, 0.05) is 11.6 Å². The number of hydrogen-bond acceptors (Lipinski definition) is 1. The van der Waals surface area contributed by atoms with E-state index in [1.165, 1.54) is 49.7 Å². The van der Waals surface area contributed by atoms with Crippen LogP contribution < -0.4 is 4.57 Å². The van der Waals surface area contributed by atoms with Crippen molar-refractivity contribution in [3.63, 3.8) is 0 Å². The molecule has 0 aliphatic rings. The van der Waals surface area contributed by atoms with Crippen molar-refractivity contribution < 1.29 is 4.57 Å². The molecule has 33 heavy (non-hydrogen) atoms. The summed E-state index contributed by atoms with van der Waals surface area (Å²) >= 11 is 0. The average molecular weight is 439 g/mol. The minimum absolute atomic E-state index is 0.240. The highest BCUT2D eigenvalue weighted by Crippen LogP contribution is 2.34. The zero-order valence-electron chi connectivity index (χ0n) is 21.4. The Morgan fingerprint density at radius 2 is 1.45 bits per heavy atom. The molecular weight excluding hydrogens is 402 g/mol. The van der Waals surface area contributed by atoms with Crippen molar-refractivity contribution in [1.82, 2.24) is 9.38 Å². The van der Waals surface area contributed by atoms with Gasteiger partial charge in [0.15, 0.2) is 11.0 Å². The number of rotatable bonds is 2. The maximum Gasteiger partial charge on any atom is 0.297 e. The van der Waals surface area contributed by atoms with E-state index in [9.17, 15) is 0 Å². The number of aromatic nitrogens is 3. The Hall–Kier alpha value is -2.94. The lowest BCUT2D eigenvalue weighted by Crippen LogP contribution is -2.28. The molecule has 0 spiro atoms. The summed E-state index contributed by atoms with van der Waals surface area (Å²) in [5.41, 5.74) is 10.6. The third-order valence-electron chi connectivity index (χ3n) is 6.58. The fourth-order valence-electron chi connectivity index (χ4n) is 5.38. The maximum absolute atomic E-state index is 4.88. The molecule has 0 saturated heterocycles. The first-order valence-electron chi connectivity index (χ1n) is 12.1. The van der Waals surface area contributed by atoms with Crippen LogP contribution >= 0.6 is 0 Å². The molecule has 0 aliphatic carbocycles. The first-order chi connectivity index (χ1) is 15.4. The molecule has 0 aliphatic heterocycles. The third-order valence-corrected chi connectivity index (χ3v) is 6.58. The Bertz CT molecular complexity index is 1540. The molecule has 3 aromatic heterocycles. The van der Waals surface area contributed by atoms with E-state index in [2.05, 4.69) is 107 Å². The number of nitrogens with zero attached hydrogens (tertiary/aromatic N) is 3. The van der Waals surface area contributed by atoms with E-state index >= 15 is 0 Å². The smallest absolute Gasteiger partial charge is 0.255 e. The van der Waals surface area contributed by atoms with Crippen molar-refractivity contribution >= 4 is 38.5 Å². The zero-order valence-corrected chi connectivity index (χ0v) is 21.4. The molecule has 0 bridgehead atoms. The number of aryl methyl sites for hydroxylation is 2. The Labute approximate surface area is 197 Å². The molecule has 5 aromatic rings. The van der Waals surface area contributed by atoms with Crippen molar-refractivity contribution in [3.05, 3.63) is 65.4 Å². The highest BCUT2D eigenvalue weighted by atomic mass is 15.1. The second-order valence-electron chi connectivity index (χ2n) is 12.2. The maximum atomic E-state index is 4.88. The van der Waals surface area contributed by atoms with Crippen LogP contribution in [0.1, 0.15) is 58.2 Å². The normalized spacial score (nSPS) is 13.1. The minimum atomic E-state index is 0.240. The molecule has 3 heteroatoms. The Morgan fingerprint density at radius 3 is 2.12 bits per heavy atom. The van der Waals surface area contributed by atoms with Crippen LogP contribution in [0.4, 0.5) is 0 Å². The Kier molecular flexibility index (Phi) is 4.83. The number of fused-ring (bicyclic) bond motifs is 8. The summed E-state index contributed by atoms with van der Waals surface area (Å²) < 4.78 is 4.84. The largest absolute Gasteiger partial charge is 0.297 e. The van der Waals surface area contributed by atoms with E-state index in [-0.39, 0.29) is 10.8 Å². The summed E-state index contributed by atoms with van der Waals surface area (Å²) in [6.07, 6.45) is 4.05. The van der Waals surface area contributed by atoms with E-state index in [1.807, 2.05) is 6.20 Å². The van der Waals surface area contributed by atoms with E-state index in [4.69, 9.17) is 4.98 Å². The van der Waals surface area contributed by atoms with Crippen molar-refractivity contribution in [2.45, 2.75) is 61.3 Å². The molecule has 0 saturated carbocycles. The van der Waals surface area contributed by atoms with Crippen LogP contribution in [0, 0.1) is 17.8 Å². The van der Waals surface area contributed by atoms with Crippen LogP contribution in [0.3, 0.4) is 0 Å². The Morgan fingerprint density at radius 1 is 0.818 bits per heavy atom. The lowest BCUT2D eigenvalue weighted by molar-refractivity contribution is -0.617. The van der Waals surface area contributed by atoms with E-state index in [0.29, 0.717) is 0 Å². The highest BCUT2D eigenvalue weighted by molar-refractivity contribution is 6.11. The predicted molar refractivity (Wildman–Crippen MR) is 140 cm³/mol. The molecular formula is C30H36N3+. The number of imidazole rings is 1. The van der Waals surface area contributed by atoms with E-state index < -0.39 is 0 Å². The molecule has 0 N–H and O–H groups in total. The van der Waals surface area contributed by atoms with Crippen LogP contribution in [0.25, 0.3) is 38.5 Å². The molecule has 0 amide bonds. The standard InChI is InChI=1S/C30H36N3/c1-19-13-14-31-27-22-11-9-20(17-29(2,3)4)15-24(22)33-23-12-10-21(18-30(5,6)7)16-25(23)32(8)28(33)26(19)27/h9-16H,17-18H2,1-8H3/q+1. The van der Waals surface area contributed by atoms with Crippen molar-refractivity contribution in [1.29, 1.82) is 0 Å². The highest BCUT2D eigenvalue weighted by Gasteiger charge is 2.26. The molecule has 0 atom stereocenters. The van der Waals surface area contributed by atoms with Crippen LogP contribution in [0.2, 0.25) is 0 Å². The molecule has 0 unspecified atom stereocenters. The van der Waals surface area contributed by atoms with Gasteiger partial charge in [-0.25, -0.2) is 4.57 Å². The molecule has 5 rings (SSSR count). The summed E-state index contributed by atoms with van der Waals surface area (Å²) in [4.78, 5) is 4.88. The first kappa shape index (κ1) is 21.9. The van der Waals surface area contributed by atoms with Crippen LogP contribution in [0.5, 0.6) is 0 Å². The second kappa shape index (κ2) is 7.28. The van der Waals surface area contributed by atoms with Gasteiger partial charge in [-0.3, -0.25) is 4.98 Å². The van der Waals surface area contributed by atoms with Gasteiger partial charge in [0.2, 0.25) is 0 Å². The third kappa shape index (κ3) is 3.78. The SMILES string of the molecule is Cc1ccnc2c3ccc(CC(C)(C)C)cc3n3c4ccc(CC(C)(C)C)cc4[n+](C)c3c12. The van der Waals surface area contributed by atoms with Crippen molar-refractivity contribution in [2.24, 2.45) is 17.9 Å². The summed E-state index contributed by atoms with van der Waals surface area (Å²) in [5.74, 6) is 0. The van der Waals surface area contributed by atoms with Crippen LogP contribution in [-0.4, -0.2) is 9.38 Å². The topological polar surface area (TPSA) is 21.2 Å². The lowest BCUT2D eigenvalue weighted by Gasteiger charge is -2.18.